The molecule has 1 aliphatic heterocycles. The Morgan fingerprint density at radius 2 is 1.61 bits per heavy atom. The van der Waals surface area contributed by atoms with Crippen LogP contribution in [0.2, 0.25) is 0 Å². The fourth-order valence-corrected chi connectivity index (χ4v) is 4.56. The molecule has 4 rings (SSSR count). The highest BCUT2D eigenvalue weighted by molar-refractivity contribution is 5.91. The average molecular weight is 490 g/mol. The number of fused-ring (bicyclic) bond motifs is 1. The quantitative estimate of drug-likeness (QED) is 0.483. The molecule has 2 atom stereocenters. The summed E-state index contributed by atoms with van der Waals surface area (Å²) < 4.78 is 5.00. The van der Waals surface area contributed by atoms with E-state index in [1.165, 1.54) is 7.11 Å². The second-order valence-corrected chi connectivity index (χ2v) is 9.63. The Balaban J connectivity index is 1.45. The zero-order valence-electron chi connectivity index (χ0n) is 21.5. The molecule has 190 valence electrons. The number of aromatic nitrogens is 2. The van der Waals surface area contributed by atoms with Gasteiger partial charge in [-0.25, -0.2) is 14.8 Å². The molecule has 0 bridgehead atoms. The highest BCUT2D eigenvalue weighted by atomic mass is 16.5. The van der Waals surface area contributed by atoms with E-state index in [-0.39, 0.29) is 23.7 Å². The van der Waals surface area contributed by atoms with Crippen molar-refractivity contribution in [1.82, 2.24) is 19.8 Å². The fraction of sp³-hybridized carbons (Fsp3) is 0.429. The minimum Gasteiger partial charge on any atom is -0.467 e. The molecule has 1 unspecified atom stereocenters. The summed E-state index contributed by atoms with van der Waals surface area (Å²) in [6.45, 7) is 9.34. The van der Waals surface area contributed by atoms with E-state index >= 15 is 0 Å². The molecule has 1 aromatic heterocycles. The van der Waals surface area contributed by atoms with Crippen molar-refractivity contribution in [3.63, 3.8) is 0 Å². The molecule has 1 amide bonds. The molecular weight excluding hydrogens is 454 g/mol. The third kappa shape index (κ3) is 5.82. The number of carbonyl (C=O) groups is 2. The van der Waals surface area contributed by atoms with Crippen LogP contribution in [0, 0.1) is 5.92 Å². The second kappa shape index (κ2) is 11.5. The van der Waals surface area contributed by atoms with Gasteiger partial charge in [-0.3, -0.25) is 9.69 Å². The van der Waals surface area contributed by atoms with Gasteiger partial charge in [-0.15, -0.1) is 0 Å². The van der Waals surface area contributed by atoms with Crippen molar-refractivity contribution in [2.45, 2.75) is 39.3 Å². The summed E-state index contributed by atoms with van der Waals surface area (Å²) in [4.78, 5) is 39.2. The molecule has 1 N–H and O–H groups in total. The first-order valence-corrected chi connectivity index (χ1v) is 12.5. The first-order valence-electron chi connectivity index (χ1n) is 12.5. The number of amides is 1. The van der Waals surface area contributed by atoms with Crippen molar-refractivity contribution in [2.24, 2.45) is 5.92 Å². The number of nitrogens with zero attached hydrogens (tertiary/aromatic N) is 4. The molecule has 0 saturated carbocycles. The molecule has 1 fully saturated rings. The van der Waals surface area contributed by atoms with Crippen LogP contribution in [0.3, 0.4) is 0 Å². The predicted molar refractivity (Wildman–Crippen MR) is 141 cm³/mol. The lowest BCUT2D eigenvalue weighted by Gasteiger charge is -2.35. The molecule has 8 nitrogen and oxygen atoms in total. The number of hydrogen-bond acceptors (Lipinski definition) is 7. The van der Waals surface area contributed by atoms with Gasteiger partial charge >= 0.3 is 5.97 Å². The van der Waals surface area contributed by atoms with E-state index in [9.17, 15) is 9.59 Å². The van der Waals surface area contributed by atoms with Gasteiger partial charge in [-0.2, -0.15) is 0 Å². The zero-order chi connectivity index (χ0) is 25.7. The predicted octanol–water partition coefficient (Wildman–Crippen LogP) is 3.69. The van der Waals surface area contributed by atoms with Gasteiger partial charge in [0.2, 0.25) is 5.91 Å². The van der Waals surface area contributed by atoms with Crippen molar-refractivity contribution >= 4 is 28.6 Å². The molecule has 36 heavy (non-hydrogen) atoms. The summed E-state index contributed by atoms with van der Waals surface area (Å²) >= 11 is 0. The van der Waals surface area contributed by atoms with Crippen molar-refractivity contribution in [2.75, 3.05) is 38.6 Å². The Morgan fingerprint density at radius 3 is 2.28 bits per heavy atom. The van der Waals surface area contributed by atoms with Crippen LogP contribution in [-0.4, -0.2) is 71.0 Å². The Kier molecular flexibility index (Phi) is 8.15. The highest BCUT2D eigenvalue weighted by Crippen LogP contribution is 2.24. The van der Waals surface area contributed by atoms with E-state index in [2.05, 4.69) is 10.2 Å². The number of piperazine rings is 1. The van der Waals surface area contributed by atoms with Crippen molar-refractivity contribution in [1.29, 1.82) is 0 Å². The van der Waals surface area contributed by atoms with Crippen LogP contribution in [0.25, 0.3) is 10.9 Å². The number of methoxy groups -OCH3 is 1. The van der Waals surface area contributed by atoms with Gasteiger partial charge in [0.1, 0.15) is 17.7 Å². The lowest BCUT2D eigenvalue weighted by Crippen LogP contribution is -2.49. The van der Waals surface area contributed by atoms with E-state index in [4.69, 9.17) is 14.7 Å². The Hall–Kier alpha value is -3.52. The molecule has 0 spiro atoms. The van der Waals surface area contributed by atoms with Crippen LogP contribution < -0.4 is 5.32 Å². The maximum absolute atomic E-state index is 13.0. The van der Waals surface area contributed by atoms with E-state index in [1.54, 1.807) is 0 Å². The van der Waals surface area contributed by atoms with E-state index in [0.29, 0.717) is 31.3 Å². The fourth-order valence-electron chi connectivity index (χ4n) is 4.56. The van der Waals surface area contributed by atoms with E-state index < -0.39 is 6.04 Å². The van der Waals surface area contributed by atoms with Crippen LogP contribution in [0.15, 0.2) is 54.6 Å². The number of ether oxygens (including phenoxy) is 1. The number of rotatable bonds is 8. The summed E-state index contributed by atoms with van der Waals surface area (Å²) in [5, 5.41) is 4.16. The maximum Gasteiger partial charge on any atom is 0.328 e. The number of para-hydroxylation sites is 1. The number of nitrogens with one attached hydrogen (secondary N) is 1. The summed E-state index contributed by atoms with van der Waals surface area (Å²) in [6.07, 6.45) is 0. The van der Waals surface area contributed by atoms with Crippen molar-refractivity contribution in [3.05, 3.63) is 66.0 Å². The molecule has 1 aliphatic rings. The highest BCUT2D eigenvalue weighted by Gasteiger charge is 2.27. The van der Waals surface area contributed by atoms with Gasteiger partial charge in [0.05, 0.1) is 25.1 Å². The van der Waals surface area contributed by atoms with Gasteiger partial charge < -0.3 is 15.0 Å². The van der Waals surface area contributed by atoms with Crippen LogP contribution in [0.1, 0.15) is 38.1 Å². The molecule has 2 aromatic carbocycles. The summed E-state index contributed by atoms with van der Waals surface area (Å²) in [5.41, 5.74) is 1.86. The van der Waals surface area contributed by atoms with Gasteiger partial charge in [0.25, 0.3) is 0 Å². The van der Waals surface area contributed by atoms with Gasteiger partial charge in [-0.05, 0) is 30.5 Å². The molecule has 3 aromatic rings. The molecule has 0 aliphatic carbocycles. The minimum absolute atomic E-state index is 0.0264. The number of benzene rings is 2. The molecule has 1 saturated heterocycles. The van der Waals surface area contributed by atoms with Gasteiger partial charge in [0, 0.05) is 31.6 Å². The SMILES string of the molecule is COC(=O)[C@@H](Nc1nc(CN2CCN(C(=O)C(C)c3ccccc3)CC2)nc2ccccc12)C(C)C. The Morgan fingerprint density at radius 1 is 0.944 bits per heavy atom. The summed E-state index contributed by atoms with van der Waals surface area (Å²) in [5.74, 6) is 1.03. The normalized spacial score (nSPS) is 16.1. The zero-order valence-corrected chi connectivity index (χ0v) is 21.5. The molecule has 0 radical (unpaired) electrons. The smallest absolute Gasteiger partial charge is 0.328 e. The monoisotopic (exact) mass is 489 g/mol. The standard InChI is InChI=1S/C28H35N5O3/c1-19(2)25(28(35)36-4)31-26-22-12-8-9-13-23(22)29-24(30-26)18-32-14-16-33(17-15-32)27(34)20(3)21-10-6-5-7-11-21/h5-13,19-20,25H,14-18H2,1-4H3,(H,29,30,31)/t20?,25-/m0/s1. The Bertz CT molecular complexity index is 1190. The van der Waals surface area contributed by atoms with Crippen LogP contribution in [-0.2, 0) is 20.9 Å². The third-order valence-electron chi connectivity index (χ3n) is 6.78. The summed E-state index contributed by atoms with van der Waals surface area (Å²) in [7, 11) is 1.40. The number of carbonyl (C=O) groups excluding carboxylic acids is 2. The van der Waals surface area contributed by atoms with E-state index in [1.807, 2.05) is 80.3 Å². The Labute approximate surface area is 212 Å². The summed E-state index contributed by atoms with van der Waals surface area (Å²) in [6, 6.07) is 17.2. The molecular formula is C28H35N5O3. The molecule has 2 heterocycles. The molecule has 8 heteroatoms. The van der Waals surface area contributed by atoms with Gasteiger partial charge in [0.15, 0.2) is 0 Å². The first kappa shape index (κ1) is 25.6. The lowest BCUT2D eigenvalue weighted by molar-refractivity contribution is -0.142. The third-order valence-corrected chi connectivity index (χ3v) is 6.78. The number of esters is 1. The number of hydrogen-bond donors (Lipinski definition) is 1. The topological polar surface area (TPSA) is 87.7 Å². The van der Waals surface area contributed by atoms with Crippen LogP contribution in [0.5, 0.6) is 0 Å². The van der Waals surface area contributed by atoms with Crippen LogP contribution in [0.4, 0.5) is 5.82 Å². The van der Waals surface area contributed by atoms with Gasteiger partial charge in [-0.1, -0.05) is 56.3 Å². The van der Waals surface area contributed by atoms with E-state index in [0.717, 1.165) is 29.6 Å². The lowest BCUT2D eigenvalue weighted by atomic mass is 9.99. The first-order chi connectivity index (χ1) is 17.4. The van der Waals surface area contributed by atoms with Crippen molar-refractivity contribution < 1.29 is 14.3 Å². The minimum atomic E-state index is -0.512. The van der Waals surface area contributed by atoms with Crippen molar-refractivity contribution in [3.8, 4) is 0 Å². The second-order valence-electron chi connectivity index (χ2n) is 9.63. The maximum atomic E-state index is 13.0. The average Bonchev–Trinajstić information content (AvgIpc) is 2.91. The number of anilines is 1. The van der Waals surface area contributed by atoms with Crippen LogP contribution >= 0.6 is 0 Å². The largest absolute Gasteiger partial charge is 0.467 e.